The summed E-state index contributed by atoms with van der Waals surface area (Å²) in [6.45, 7) is 7.12. The molecule has 1 aliphatic rings. The Labute approximate surface area is 138 Å². The molecule has 2 heterocycles. The first-order valence-corrected chi connectivity index (χ1v) is 7.50. The molecule has 0 spiro atoms. The monoisotopic (exact) mass is 351 g/mol. The number of hydrogen-bond donors (Lipinski definition) is 0. The lowest BCUT2D eigenvalue weighted by atomic mass is 9.80. The van der Waals surface area contributed by atoms with Crippen molar-refractivity contribution in [1.82, 2.24) is 4.98 Å². The van der Waals surface area contributed by atoms with Gasteiger partial charge in [-0.1, -0.05) is 11.6 Å². The summed E-state index contributed by atoms with van der Waals surface area (Å²) in [7, 11) is -0.644. The number of rotatable bonds is 4. The molecule has 1 aromatic heterocycles. The van der Waals surface area contributed by atoms with E-state index in [1.807, 2.05) is 27.7 Å². The van der Waals surface area contributed by atoms with E-state index in [1.54, 1.807) is 0 Å². The molecule has 0 aromatic carbocycles. The summed E-state index contributed by atoms with van der Waals surface area (Å²) in [6.07, 6.45) is -3.92. The van der Waals surface area contributed by atoms with Crippen molar-refractivity contribution in [3.05, 3.63) is 17.3 Å². The molecule has 1 saturated heterocycles. The smallest absolute Gasteiger partial charge is 0.476 e. The first-order chi connectivity index (χ1) is 10.4. The minimum Gasteiger partial charge on any atom is -0.476 e. The van der Waals surface area contributed by atoms with E-state index in [2.05, 4.69) is 4.98 Å². The summed E-state index contributed by atoms with van der Waals surface area (Å²) in [5.41, 5.74) is -0.435. The molecule has 0 N–H and O–H groups in total. The zero-order valence-electron chi connectivity index (χ0n) is 13.3. The topological polar surface area (TPSA) is 40.6 Å². The van der Waals surface area contributed by atoms with Crippen molar-refractivity contribution in [3.8, 4) is 5.88 Å². The van der Waals surface area contributed by atoms with Crippen LogP contribution in [0.25, 0.3) is 0 Å². The summed E-state index contributed by atoms with van der Waals surface area (Å²) in [5.74, 6) is -0.0452. The van der Waals surface area contributed by atoms with Gasteiger partial charge in [0.1, 0.15) is 5.02 Å². The van der Waals surface area contributed by atoms with Crippen molar-refractivity contribution in [2.45, 2.75) is 51.5 Å². The molecule has 2 rings (SSSR count). The highest BCUT2D eigenvalue weighted by Crippen LogP contribution is 2.36. The Morgan fingerprint density at radius 2 is 1.78 bits per heavy atom. The first kappa shape index (κ1) is 18.4. The minimum absolute atomic E-state index is 0.0452. The van der Waals surface area contributed by atoms with Crippen molar-refractivity contribution in [1.29, 1.82) is 0 Å². The van der Waals surface area contributed by atoms with Crippen LogP contribution in [0.4, 0.5) is 13.2 Å². The molecule has 0 aliphatic carbocycles. The number of aromatic nitrogens is 1. The van der Waals surface area contributed by atoms with Crippen LogP contribution in [-0.4, -0.2) is 36.1 Å². The Bertz CT molecular complexity index is 565. The Balaban J connectivity index is 2.06. The molecular weight excluding hydrogens is 333 g/mol. The van der Waals surface area contributed by atoms with Crippen molar-refractivity contribution >= 4 is 24.2 Å². The maximum absolute atomic E-state index is 12.1. The molecule has 128 valence electrons. The summed E-state index contributed by atoms with van der Waals surface area (Å²) in [4.78, 5) is 3.96. The zero-order chi connectivity index (χ0) is 17.5. The van der Waals surface area contributed by atoms with Gasteiger partial charge in [0.25, 0.3) is 0 Å². The third kappa shape index (κ3) is 4.30. The van der Waals surface area contributed by atoms with Crippen LogP contribution in [0.15, 0.2) is 12.3 Å². The quantitative estimate of drug-likeness (QED) is 0.780. The summed E-state index contributed by atoms with van der Waals surface area (Å²) in [5, 5.41) is 0.111. The second-order valence-corrected chi connectivity index (χ2v) is 6.76. The average molecular weight is 352 g/mol. The van der Waals surface area contributed by atoms with Gasteiger partial charge in [0.05, 0.1) is 24.2 Å². The molecular formula is C14H18BClF3NO3. The van der Waals surface area contributed by atoms with Gasteiger partial charge in [0, 0.05) is 11.7 Å². The molecule has 1 fully saturated rings. The van der Waals surface area contributed by atoms with Crippen molar-refractivity contribution in [2.75, 3.05) is 6.61 Å². The number of alkyl halides is 3. The maximum Gasteiger partial charge on any atom is 0.496 e. The summed E-state index contributed by atoms with van der Waals surface area (Å²) >= 11 is 6.02. The number of pyridine rings is 1. The van der Waals surface area contributed by atoms with Gasteiger partial charge in [0.15, 0.2) is 0 Å². The molecule has 1 aromatic rings. The van der Waals surface area contributed by atoms with Crippen LogP contribution in [0.5, 0.6) is 5.88 Å². The fraction of sp³-hybridized carbons (Fsp3) is 0.643. The highest BCUT2D eigenvalue weighted by molar-refractivity contribution is 6.62. The van der Waals surface area contributed by atoms with E-state index in [0.717, 1.165) is 0 Å². The Kier molecular flexibility index (Phi) is 4.90. The highest BCUT2D eigenvalue weighted by Gasteiger charge is 2.51. The Morgan fingerprint density at radius 1 is 1.22 bits per heavy atom. The van der Waals surface area contributed by atoms with E-state index in [0.29, 0.717) is 5.46 Å². The lowest BCUT2D eigenvalue weighted by Crippen LogP contribution is -2.41. The van der Waals surface area contributed by atoms with Crippen LogP contribution < -0.4 is 10.2 Å². The van der Waals surface area contributed by atoms with Crippen molar-refractivity contribution in [3.63, 3.8) is 0 Å². The second kappa shape index (κ2) is 6.14. The fourth-order valence-corrected chi connectivity index (χ4v) is 2.15. The van der Waals surface area contributed by atoms with Gasteiger partial charge < -0.3 is 14.0 Å². The lowest BCUT2D eigenvalue weighted by molar-refractivity contribution is -0.139. The molecule has 23 heavy (non-hydrogen) atoms. The van der Waals surface area contributed by atoms with E-state index < -0.39 is 37.5 Å². The first-order valence-electron chi connectivity index (χ1n) is 7.12. The molecule has 0 bridgehead atoms. The van der Waals surface area contributed by atoms with Crippen LogP contribution in [-0.2, 0) is 9.31 Å². The average Bonchev–Trinajstić information content (AvgIpc) is 2.59. The number of ether oxygens (including phenoxy) is 1. The largest absolute Gasteiger partial charge is 0.496 e. The Morgan fingerprint density at radius 3 is 2.26 bits per heavy atom. The predicted octanol–water partition coefficient (Wildman–Crippen LogP) is 3.37. The summed E-state index contributed by atoms with van der Waals surface area (Å²) in [6, 6.07) is 1.53. The molecule has 0 saturated carbocycles. The second-order valence-electron chi connectivity index (χ2n) is 6.36. The zero-order valence-corrected chi connectivity index (χ0v) is 14.1. The van der Waals surface area contributed by atoms with Gasteiger partial charge >= 0.3 is 13.3 Å². The van der Waals surface area contributed by atoms with Crippen LogP contribution >= 0.6 is 11.6 Å². The van der Waals surface area contributed by atoms with Gasteiger partial charge in [-0.05, 0) is 33.8 Å². The van der Waals surface area contributed by atoms with Gasteiger partial charge in [-0.15, -0.1) is 0 Å². The highest BCUT2D eigenvalue weighted by atomic mass is 35.5. The number of nitrogens with zero attached hydrogens (tertiary/aromatic N) is 1. The molecule has 9 heteroatoms. The van der Waals surface area contributed by atoms with Crippen LogP contribution in [0, 0.1) is 0 Å². The van der Waals surface area contributed by atoms with E-state index in [9.17, 15) is 13.2 Å². The van der Waals surface area contributed by atoms with Crippen LogP contribution in [0.2, 0.25) is 5.02 Å². The van der Waals surface area contributed by atoms with Gasteiger partial charge in [0.2, 0.25) is 5.88 Å². The van der Waals surface area contributed by atoms with Crippen molar-refractivity contribution < 1.29 is 27.2 Å². The number of halogens is 4. The van der Waals surface area contributed by atoms with Gasteiger partial charge in [-0.2, -0.15) is 13.2 Å². The van der Waals surface area contributed by atoms with E-state index >= 15 is 0 Å². The molecule has 0 unspecified atom stereocenters. The normalized spacial score (nSPS) is 19.9. The minimum atomic E-state index is -4.28. The lowest BCUT2D eigenvalue weighted by Gasteiger charge is -2.32. The SMILES string of the molecule is CC1(C)OB(c2cnc(OCCC(F)(F)F)c(Cl)c2)OC1(C)C. The standard InChI is InChI=1S/C14H18BClF3NO3/c1-12(2)13(3,4)23-15(22-12)9-7-10(16)11(20-8-9)21-6-5-14(17,18)19/h7-8H,5-6H2,1-4H3. The summed E-state index contributed by atoms with van der Waals surface area (Å²) < 4.78 is 53.0. The molecule has 0 radical (unpaired) electrons. The van der Waals surface area contributed by atoms with Crippen LogP contribution in [0.3, 0.4) is 0 Å². The molecule has 1 aliphatic heterocycles. The van der Waals surface area contributed by atoms with Crippen LogP contribution in [0.1, 0.15) is 34.1 Å². The van der Waals surface area contributed by atoms with E-state index in [1.165, 1.54) is 12.3 Å². The Hall–Kier alpha value is -0.985. The van der Waals surface area contributed by atoms with Gasteiger partial charge in [-0.3, -0.25) is 0 Å². The fourth-order valence-electron chi connectivity index (χ4n) is 1.92. The molecule has 0 amide bonds. The molecule has 0 atom stereocenters. The third-order valence-electron chi connectivity index (χ3n) is 3.98. The van der Waals surface area contributed by atoms with E-state index in [4.69, 9.17) is 25.6 Å². The van der Waals surface area contributed by atoms with E-state index in [-0.39, 0.29) is 10.9 Å². The van der Waals surface area contributed by atoms with Crippen molar-refractivity contribution in [2.24, 2.45) is 0 Å². The number of hydrogen-bond acceptors (Lipinski definition) is 4. The molecule has 4 nitrogen and oxygen atoms in total. The predicted molar refractivity (Wildman–Crippen MR) is 81.1 cm³/mol. The van der Waals surface area contributed by atoms with Gasteiger partial charge in [-0.25, -0.2) is 4.98 Å². The maximum atomic E-state index is 12.1. The third-order valence-corrected chi connectivity index (χ3v) is 4.25.